The number of methoxy groups -OCH3 is 2. The largest absolute Gasteiger partial charge is 0.467 e. The van der Waals surface area contributed by atoms with Crippen LogP contribution in [0.4, 0.5) is 0 Å². The molecule has 0 atom stereocenters. The van der Waals surface area contributed by atoms with Gasteiger partial charge in [-0.1, -0.05) is 99.0 Å². The maximum absolute atomic E-state index is 12.9. The quantitative estimate of drug-likeness (QED) is 0.219. The van der Waals surface area contributed by atoms with E-state index in [-0.39, 0.29) is 39.4 Å². The number of rotatable bonds is 5. The molecule has 0 fully saturated rings. The van der Waals surface area contributed by atoms with Gasteiger partial charge in [-0.15, -0.1) is 0 Å². The smallest absolute Gasteiger partial charge is 0.318 e. The first-order valence-electron chi connectivity index (χ1n) is 15.7. The van der Waals surface area contributed by atoms with Crippen LogP contribution in [0, 0.1) is 10.8 Å². The Morgan fingerprint density at radius 1 is 0.702 bits per heavy atom. The highest BCUT2D eigenvalue weighted by molar-refractivity contribution is 9.09. The molecule has 0 saturated carbocycles. The Morgan fingerprint density at radius 3 is 1.64 bits per heavy atom. The minimum Gasteiger partial charge on any atom is -0.467 e. The molecule has 0 radical (unpaired) electrons. The van der Waals surface area contributed by atoms with Crippen LogP contribution in [0.3, 0.4) is 0 Å². The summed E-state index contributed by atoms with van der Waals surface area (Å²) in [5.41, 5.74) is 2.73. The number of halogens is 1. The number of hydrogen-bond acceptors (Lipinski definition) is 10. The van der Waals surface area contributed by atoms with E-state index in [0.717, 1.165) is 11.8 Å². The molecule has 1 N–H and O–H groups in total. The standard InChI is InChI=1S/C17H26N4O2.C11H14N4O2.C6H13Br/c1-16(2,3)8-9-21-13-11(10-18-15(20-13)23-7)19-12(14(21)22)17(4,5)6;1-11(2,3)7-9(16)14-8-6(13-7)5-12-10(15-8)17-4;1-6(2,3)4-5-7/h10H,8-9H2,1-7H3;5H,1-4H3,(H,12,14,15,16);4-5H2,1-3H3. The lowest BCUT2D eigenvalue weighted by Gasteiger charge is -2.22. The first-order chi connectivity index (χ1) is 21.5. The van der Waals surface area contributed by atoms with Crippen molar-refractivity contribution in [3.8, 4) is 12.0 Å². The molecule has 4 aromatic heterocycles. The van der Waals surface area contributed by atoms with Crippen molar-refractivity contribution < 1.29 is 9.47 Å². The number of aromatic amines is 1. The number of H-pyrrole nitrogens is 1. The molecule has 0 bridgehead atoms. The predicted molar refractivity (Wildman–Crippen MR) is 192 cm³/mol. The summed E-state index contributed by atoms with van der Waals surface area (Å²) >= 11 is 3.39. The van der Waals surface area contributed by atoms with Gasteiger partial charge in [0.15, 0.2) is 11.3 Å². The van der Waals surface area contributed by atoms with Crippen LogP contribution in [0.5, 0.6) is 12.0 Å². The van der Waals surface area contributed by atoms with E-state index in [1.807, 2.05) is 41.5 Å². The van der Waals surface area contributed by atoms with Crippen LogP contribution in [0.15, 0.2) is 22.0 Å². The third-order valence-electron chi connectivity index (χ3n) is 6.81. The molecule has 47 heavy (non-hydrogen) atoms. The number of fused-ring (bicyclic) bond motifs is 2. The molecule has 0 aliphatic rings. The van der Waals surface area contributed by atoms with Gasteiger partial charge in [0.1, 0.15) is 22.4 Å². The van der Waals surface area contributed by atoms with E-state index in [4.69, 9.17) is 9.47 Å². The van der Waals surface area contributed by atoms with Gasteiger partial charge in [-0.2, -0.15) is 9.97 Å². The van der Waals surface area contributed by atoms with Gasteiger partial charge in [0.2, 0.25) is 0 Å². The van der Waals surface area contributed by atoms with Crippen LogP contribution in [-0.2, 0) is 17.4 Å². The van der Waals surface area contributed by atoms with Crippen LogP contribution >= 0.6 is 15.9 Å². The fourth-order valence-corrected chi connectivity index (χ4v) is 5.21. The van der Waals surface area contributed by atoms with E-state index in [1.165, 1.54) is 26.8 Å². The fourth-order valence-electron chi connectivity index (χ4n) is 4.02. The summed E-state index contributed by atoms with van der Waals surface area (Å²) in [5.74, 6) is 0. The van der Waals surface area contributed by atoms with Gasteiger partial charge in [0, 0.05) is 22.7 Å². The lowest BCUT2D eigenvalue weighted by molar-refractivity contribution is 0.347. The molecule has 4 aromatic rings. The number of nitrogens with zero attached hydrogens (tertiary/aromatic N) is 7. The minimum atomic E-state index is -0.339. The van der Waals surface area contributed by atoms with Gasteiger partial charge >= 0.3 is 12.0 Å². The molecule has 0 amide bonds. The topological polar surface area (TPSA) is 151 Å². The molecular weight excluding hydrogens is 664 g/mol. The van der Waals surface area contributed by atoms with Gasteiger partial charge in [-0.05, 0) is 23.7 Å². The van der Waals surface area contributed by atoms with Crippen molar-refractivity contribution >= 4 is 38.3 Å². The highest BCUT2D eigenvalue weighted by Gasteiger charge is 2.24. The normalized spacial score (nSPS) is 12.2. The Kier molecular flexibility index (Phi) is 13.2. The first-order valence-corrected chi connectivity index (χ1v) is 16.8. The molecule has 4 rings (SSSR count). The van der Waals surface area contributed by atoms with Crippen LogP contribution in [0.1, 0.15) is 107 Å². The Bertz CT molecular complexity index is 1760. The molecule has 0 aliphatic carbocycles. The fraction of sp³-hybridized carbons (Fsp3) is 0.647. The molecule has 260 valence electrons. The lowest BCUT2D eigenvalue weighted by atomic mass is 9.91. The molecular formula is C34H53BrN8O4. The van der Waals surface area contributed by atoms with E-state index in [1.54, 1.807) is 10.8 Å². The zero-order valence-electron chi connectivity index (χ0n) is 30.6. The monoisotopic (exact) mass is 716 g/mol. The van der Waals surface area contributed by atoms with E-state index in [2.05, 4.69) is 92.4 Å². The van der Waals surface area contributed by atoms with E-state index < -0.39 is 0 Å². The number of ether oxygens (including phenoxy) is 2. The Labute approximate surface area is 286 Å². The lowest BCUT2D eigenvalue weighted by Crippen LogP contribution is -2.33. The zero-order valence-corrected chi connectivity index (χ0v) is 32.2. The van der Waals surface area contributed by atoms with Gasteiger partial charge in [0.25, 0.3) is 11.1 Å². The van der Waals surface area contributed by atoms with Crippen LogP contribution in [0.2, 0.25) is 0 Å². The van der Waals surface area contributed by atoms with Gasteiger partial charge in [-0.25, -0.2) is 19.9 Å². The Balaban J connectivity index is 0.000000280. The maximum Gasteiger partial charge on any atom is 0.318 e. The van der Waals surface area contributed by atoms with Crippen molar-refractivity contribution in [2.45, 2.75) is 113 Å². The van der Waals surface area contributed by atoms with Crippen LogP contribution in [-0.4, -0.2) is 59.0 Å². The van der Waals surface area contributed by atoms with Crippen LogP contribution in [0.25, 0.3) is 22.3 Å². The zero-order chi connectivity index (χ0) is 36.0. The van der Waals surface area contributed by atoms with Gasteiger partial charge in [0.05, 0.1) is 26.6 Å². The summed E-state index contributed by atoms with van der Waals surface area (Å²) in [4.78, 5) is 52.8. The first kappa shape index (κ1) is 39.7. The van der Waals surface area contributed by atoms with Gasteiger partial charge in [-0.3, -0.25) is 14.2 Å². The van der Waals surface area contributed by atoms with Crippen molar-refractivity contribution in [1.82, 2.24) is 39.5 Å². The third-order valence-corrected chi connectivity index (χ3v) is 7.20. The number of aryl methyl sites for hydroxylation is 1. The third kappa shape index (κ3) is 11.9. The molecule has 0 aromatic carbocycles. The second-order valence-corrected chi connectivity index (χ2v) is 16.6. The number of hydrogen-bond donors (Lipinski definition) is 1. The highest BCUT2D eigenvalue weighted by Crippen LogP contribution is 2.23. The summed E-state index contributed by atoms with van der Waals surface area (Å²) in [6.07, 6.45) is 5.27. The summed E-state index contributed by atoms with van der Waals surface area (Å²) in [6, 6.07) is 0.449. The van der Waals surface area contributed by atoms with Crippen molar-refractivity contribution in [1.29, 1.82) is 0 Å². The van der Waals surface area contributed by atoms with Crippen molar-refractivity contribution in [3.05, 3.63) is 44.5 Å². The molecule has 12 nitrogen and oxygen atoms in total. The Morgan fingerprint density at radius 2 is 1.19 bits per heavy atom. The maximum atomic E-state index is 12.9. The van der Waals surface area contributed by atoms with Crippen LogP contribution < -0.4 is 20.6 Å². The SMILES string of the molecule is CC(C)(C)CCBr.COc1ncc2nc(C(C)(C)C)c(=O)[nH]c2n1.COc1ncc2nc(C(C)(C)C)c(=O)n(CCC(C)(C)C)c2n1. The highest BCUT2D eigenvalue weighted by atomic mass is 79.9. The summed E-state index contributed by atoms with van der Waals surface area (Å²) in [7, 11) is 2.98. The van der Waals surface area contributed by atoms with Crippen molar-refractivity contribution in [2.24, 2.45) is 10.8 Å². The number of alkyl halides is 1. The van der Waals surface area contributed by atoms with Crippen molar-refractivity contribution in [2.75, 3.05) is 19.5 Å². The summed E-state index contributed by atoms with van der Waals surface area (Å²) in [6.45, 7) is 25.5. The van der Waals surface area contributed by atoms with E-state index in [0.29, 0.717) is 45.7 Å². The molecule has 4 heterocycles. The van der Waals surface area contributed by atoms with Gasteiger partial charge < -0.3 is 14.5 Å². The Hall–Kier alpha value is -3.48. The van der Waals surface area contributed by atoms with E-state index in [9.17, 15) is 9.59 Å². The molecule has 0 aliphatic heterocycles. The second kappa shape index (κ2) is 15.6. The average Bonchev–Trinajstić information content (AvgIpc) is 2.93. The molecule has 0 spiro atoms. The van der Waals surface area contributed by atoms with E-state index >= 15 is 0 Å². The number of nitrogens with one attached hydrogen (secondary N) is 1. The molecule has 0 unspecified atom stereocenters. The second-order valence-electron chi connectivity index (χ2n) is 15.8. The summed E-state index contributed by atoms with van der Waals surface area (Å²) < 4.78 is 11.7. The summed E-state index contributed by atoms with van der Waals surface area (Å²) in [5, 5.41) is 1.12. The average molecular weight is 718 g/mol. The molecule has 13 heteroatoms. The molecule has 0 saturated heterocycles. The minimum absolute atomic E-state index is 0.0880. The number of aromatic nitrogens is 8. The van der Waals surface area contributed by atoms with Crippen molar-refractivity contribution in [3.63, 3.8) is 0 Å². The predicted octanol–water partition coefficient (Wildman–Crippen LogP) is 6.77.